The molecule has 2 fully saturated rings. The minimum Gasteiger partial charge on any atom is -0.391 e. The van der Waals surface area contributed by atoms with Gasteiger partial charge in [0.25, 0.3) is 0 Å². The SMILES string of the molecule is CCC/C=C/C=C/C[C@@H]1C[C@H](O)[C@H]2[C@@H]3/C(C)=C/[C@@H]4C=C[C@H](O)[C@H](O)[C@H]4/C(C)=C/C=C\[C@H]3C(=O)N12. The first-order valence-corrected chi connectivity index (χ1v) is 12.7. The molecule has 34 heavy (non-hydrogen) atoms. The molecule has 2 heterocycles. The first-order chi connectivity index (χ1) is 16.3. The van der Waals surface area contributed by atoms with Gasteiger partial charge in [-0.1, -0.05) is 85.3 Å². The summed E-state index contributed by atoms with van der Waals surface area (Å²) >= 11 is 0. The highest BCUT2D eigenvalue weighted by Gasteiger charge is 2.56. The summed E-state index contributed by atoms with van der Waals surface area (Å²) in [7, 11) is 0. The molecule has 0 saturated carbocycles. The average Bonchev–Trinajstić information content (AvgIpc) is 3.28. The lowest BCUT2D eigenvalue weighted by Crippen LogP contribution is -2.40. The molecule has 184 valence electrons. The van der Waals surface area contributed by atoms with Gasteiger partial charge in [-0.2, -0.15) is 0 Å². The van der Waals surface area contributed by atoms with E-state index in [4.69, 9.17) is 0 Å². The van der Waals surface area contributed by atoms with Gasteiger partial charge >= 0.3 is 0 Å². The third-order valence-corrected chi connectivity index (χ3v) is 8.01. The lowest BCUT2D eigenvalue weighted by atomic mass is 9.73. The maximum absolute atomic E-state index is 13.6. The zero-order valence-electron chi connectivity index (χ0n) is 20.5. The fourth-order valence-electron chi connectivity index (χ4n) is 6.36. The molecular formula is C29H39NO4. The van der Waals surface area contributed by atoms with Crippen molar-refractivity contribution >= 4 is 5.91 Å². The van der Waals surface area contributed by atoms with Crippen molar-refractivity contribution in [1.82, 2.24) is 4.90 Å². The summed E-state index contributed by atoms with van der Waals surface area (Å²) in [6.07, 6.45) is 21.1. The second-order valence-electron chi connectivity index (χ2n) is 10.3. The van der Waals surface area contributed by atoms with E-state index in [1.165, 1.54) is 0 Å². The number of hydrogen-bond donors (Lipinski definition) is 3. The van der Waals surface area contributed by atoms with Crippen LogP contribution in [0.5, 0.6) is 0 Å². The fourth-order valence-corrected chi connectivity index (χ4v) is 6.36. The van der Waals surface area contributed by atoms with E-state index in [9.17, 15) is 20.1 Å². The second-order valence-corrected chi connectivity index (χ2v) is 10.3. The van der Waals surface area contributed by atoms with Gasteiger partial charge in [0.15, 0.2) is 0 Å². The van der Waals surface area contributed by atoms with E-state index in [0.717, 1.165) is 30.4 Å². The van der Waals surface area contributed by atoms with Crippen LogP contribution in [0.3, 0.4) is 0 Å². The van der Waals surface area contributed by atoms with Crippen LogP contribution in [0.1, 0.15) is 46.5 Å². The molecule has 4 aliphatic rings. The van der Waals surface area contributed by atoms with Gasteiger partial charge in [-0.05, 0) is 33.1 Å². The lowest BCUT2D eigenvalue weighted by Gasteiger charge is -2.35. The summed E-state index contributed by atoms with van der Waals surface area (Å²) in [6, 6.07) is -0.239. The van der Waals surface area contributed by atoms with Gasteiger partial charge in [0.05, 0.1) is 30.3 Å². The van der Waals surface area contributed by atoms with Crippen LogP contribution in [0, 0.1) is 23.7 Å². The van der Waals surface area contributed by atoms with Crippen molar-refractivity contribution in [2.75, 3.05) is 0 Å². The molecule has 0 aromatic heterocycles. The molecule has 0 bridgehead atoms. The van der Waals surface area contributed by atoms with Crippen molar-refractivity contribution in [2.24, 2.45) is 23.7 Å². The number of aliphatic hydroxyl groups is 3. The minimum atomic E-state index is -0.885. The van der Waals surface area contributed by atoms with Gasteiger partial charge in [-0.3, -0.25) is 4.79 Å². The first kappa shape index (κ1) is 24.9. The van der Waals surface area contributed by atoms with Crippen molar-refractivity contribution < 1.29 is 20.1 Å². The number of carbonyl (C=O) groups is 1. The number of unbranched alkanes of at least 4 members (excludes halogenated alkanes) is 1. The highest BCUT2D eigenvalue weighted by Crippen LogP contribution is 2.47. The smallest absolute Gasteiger partial charge is 0.230 e. The Hall–Kier alpha value is -2.21. The number of amides is 1. The van der Waals surface area contributed by atoms with Crippen molar-refractivity contribution in [2.45, 2.75) is 76.9 Å². The van der Waals surface area contributed by atoms with E-state index in [1.807, 2.05) is 49.1 Å². The van der Waals surface area contributed by atoms with Crippen molar-refractivity contribution in [3.8, 4) is 0 Å². The number of carbonyl (C=O) groups excluding carboxylic acids is 1. The van der Waals surface area contributed by atoms with Gasteiger partial charge in [0.1, 0.15) is 0 Å². The van der Waals surface area contributed by atoms with Gasteiger partial charge < -0.3 is 20.2 Å². The van der Waals surface area contributed by atoms with E-state index in [1.54, 1.807) is 6.08 Å². The standard InChI is InChI=1S/C29H39NO4/c1-4-5-6-7-8-9-12-21-17-24(32)27-26-19(3)16-20-14-15-23(31)28(33)25(20)18(2)11-10-13-22(26)29(34)30(21)27/h6-11,13-16,20-28,31-33H,4-5,12,17H2,1-3H3/b7-6+,9-8+,13-10-,18-11+,19-16+/t20-,21+,22+,23-,24-,25-,26+,27-,28-/m0/s1. The molecule has 0 unspecified atom stereocenters. The molecule has 3 N–H and O–H groups in total. The van der Waals surface area contributed by atoms with E-state index in [2.05, 4.69) is 31.2 Å². The van der Waals surface area contributed by atoms with Gasteiger partial charge in [-0.25, -0.2) is 0 Å². The van der Waals surface area contributed by atoms with Crippen LogP contribution in [0.2, 0.25) is 0 Å². The summed E-state index contributed by atoms with van der Waals surface area (Å²) in [5.74, 6) is -0.624. The predicted molar refractivity (Wildman–Crippen MR) is 135 cm³/mol. The topological polar surface area (TPSA) is 81.0 Å². The van der Waals surface area contributed by atoms with Crippen LogP contribution in [0.25, 0.3) is 0 Å². The summed E-state index contributed by atoms with van der Waals surface area (Å²) in [5.41, 5.74) is 2.04. The first-order valence-electron chi connectivity index (χ1n) is 12.7. The van der Waals surface area contributed by atoms with Crippen LogP contribution in [-0.4, -0.2) is 56.5 Å². The largest absolute Gasteiger partial charge is 0.391 e. The Kier molecular flexibility index (Phi) is 7.76. The summed E-state index contributed by atoms with van der Waals surface area (Å²) in [6.45, 7) is 6.16. The molecule has 5 nitrogen and oxygen atoms in total. The Morgan fingerprint density at radius 2 is 1.79 bits per heavy atom. The van der Waals surface area contributed by atoms with Gasteiger partial charge in [0, 0.05) is 23.8 Å². The van der Waals surface area contributed by atoms with Gasteiger partial charge in [-0.15, -0.1) is 0 Å². The Morgan fingerprint density at radius 1 is 1.03 bits per heavy atom. The van der Waals surface area contributed by atoms with E-state index >= 15 is 0 Å². The quantitative estimate of drug-likeness (QED) is 0.426. The highest BCUT2D eigenvalue weighted by molar-refractivity contribution is 5.85. The zero-order valence-corrected chi connectivity index (χ0v) is 20.5. The molecular weight excluding hydrogens is 426 g/mol. The second kappa shape index (κ2) is 10.6. The van der Waals surface area contributed by atoms with Crippen molar-refractivity contribution in [1.29, 1.82) is 0 Å². The van der Waals surface area contributed by atoms with Crippen LogP contribution >= 0.6 is 0 Å². The number of allylic oxidation sites excluding steroid dienone is 7. The van der Waals surface area contributed by atoms with Crippen LogP contribution in [-0.2, 0) is 4.79 Å². The van der Waals surface area contributed by atoms with E-state index < -0.39 is 18.3 Å². The number of hydrogen-bond acceptors (Lipinski definition) is 4. The molecule has 0 spiro atoms. The molecule has 0 radical (unpaired) electrons. The summed E-state index contributed by atoms with van der Waals surface area (Å²) < 4.78 is 0. The monoisotopic (exact) mass is 465 g/mol. The third-order valence-electron chi connectivity index (χ3n) is 8.01. The molecule has 9 atom stereocenters. The van der Waals surface area contributed by atoms with Gasteiger partial charge in [0.2, 0.25) is 5.91 Å². The van der Waals surface area contributed by atoms with E-state index in [0.29, 0.717) is 6.42 Å². The molecule has 5 heteroatoms. The molecule has 2 aliphatic carbocycles. The Labute approximate surface area is 203 Å². The number of fused-ring (bicyclic) bond motifs is 4. The van der Waals surface area contributed by atoms with Crippen molar-refractivity contribution in [3.63, 3.8) is 0 Å². The zero-order chi connectivity index (χ0) is 24.4. The van der Waals surface area contributed by atoms with Crippen molar-refractivity contribution in [3.05, 3.63) is 71.9 Å². The van der Waals surface area contributed by atoms with Crippen LogP contribution in [0.4, 0.5) is 0 Å². The third kappa shape index (κ3) is 4.66. The molecule has 2 saturated heterocycles. The maximum atomic E-state index is 13.6. The molecule has 4 rings (SSSR count). The molecule has 0 aromatic carbocycles. The fraction of sp³-hybridized carbons (Fsp3) is 0.552. The molecule has 0 aromatic rings. The average molecular weight is 466 g/mol. The Morgan fingerprint density at radius 3 is 2.56 bits per heavy atom. The lowest BCUT2D eigenvalue weighted by molar-refractivity contribution is -0.132. The Bertz CT molecular complexity index is 942. The molecule has 2 aliphatic heterocycles. The predicted octanol–water partition coefficient (Wildman–Crippen LogP) is 3.85. The number of rotatable bonds is 5. The van der Waals surface area contributed by atoms with Crippen LogP contribution in [0.15, 0.2) is 71.9 Å². The summed E-state index contributed by atoms with van der Waals surface area (Å²) in [5, 5.41) is 32.0. The highest BCUT2D eigenvalue weighted by atomic mass is 16.3. The minimum absolute atomic E-state index is 0.00118. The van der Waals surface area contributed by atoms with Crippen LogP contribution < -0.4 is 0 Å². The number of nitrogens with zero attached hydrogens (tertiary/aromatic N) is 1. The summed E-state index contributed by atoms with van der Waals surface area (Å²) in [4.78, 5) is 15.6. The maximum Gasteiger partial charge on any atom is 0.230 e. The van der Waals surface area contributed by atoms with E-state index in [-0.39, 0.29) is 41.7 Å². The Balaban J connectivity index is 1.63. The normalized spacial score (nSPS) is 43.9. The number of aliphatic hydroxyl groups excluding tert-OH is 3. The molecule has 1 amide bonds.